The molecule has 2 N–H and O–H groups in total. The lowest BCUT2D eigenvalue weighted by molar-refractivity contribution is -0.265. The number of carbonyl (C=O) groups is 5. The fraction of sp³-hybridized carbons (Fsp3) is 0.764. The quantitative estimate of drug-likeness (QED) is 0.0913. The third-order valence-electron chi connectivity index (χ3n) is 15.7. The molecular formula is C55H88NO14P. The molecule has 0 aromatic rings. The number of aliphatic hydroxyl groups excluding tert-OH is 1. The van der Waals surface area contributed by atoms with Crippen molar-refractivity contribution in [3.63, 3.8) is 0 Å². The van der Waals surface area contributed by atoms with E-state index in [1.165, 1.54) is 12.0 Å². The number of nitrogens with zero attached hydrogens (tertiary/aromatic N) is 1. The summed E-state index contributed by atoms with van der Waals surface area (Å²) in [5.74, 6) is -8.10. The van der Waals surface area contributed by atoms with Crippen molar-refractivity contribution >= 4 is 36.6 Å². The van der Waals surface area contributed by atoms with E-state index in [-0.39, 0.29) is 60.9 Å². The molecule has 402 valence electrons. The average Bonchev–Trinajstić information content (AvgIpc) is 3.35. The summed E-state index contributed by atoms with van der Waals surface area (Å²) in [5.41, 5.74) is 1.26. The Labute approximate surface area is 424 Å². The summed E-state index contributed by atoms with van der Waals surface area (Å²) >= 11 is 0. The maximum absolute atomic E-state index is 14.5. The molecule has 3 fully saturated rings. The minimum atomic E-state index is -2.81. The molecule has 1 amide bonds. The van der Waals surface area contributed by atoms with Crippen LogP contribution in [0.25, 0.3) is 0 Å². The summed E-state index contributed by atoms with van der Waals surface area (Å²) in [5, 5.41) is 23.5. The molecule has 15 nitrogen and oxygen atoms in total. The number of allylic oxidation sites excluding steroid dienone is 6. The Kier molecular flexibility index (Phi) is 23.8. The number of ether oxygens (including phenoxy) is 5. The van der Waals surface area contributed by atoms with Crippen molar-refractivity contribution in [1.82, 2.24) is 4.90 Å². The van der Waals surface area contributed by atoms with Crippen molar-refractivity contribution in [1.29, 1.82) is 0 Å². The van der Waals surface area contributed by atoms with E-state index < -0.39 is 85.1 Å². The number of ketones is 3. The predicted molar refractivity (Wildman–Crippen MR) is 273 cm³/mol. The van der Waals surface area contributed by atoms with Gasteiger partial charge < -0.3 is 43.3 Å². The molecule has 2 saturated heterocycles. The summed E-state index contributed by atoms with van der Waals surface area (Å²) in [7, 11) is 1.77. The van der Waals surface area contributed by atoms with Crippen molar-refractivity contribution in [2.24, 2.45) is 35.5 Å². The second-order valence-corrected chi connectivity index (χ2v) is 24.2. The van der Waals surface area contributed by atoms with Crippen molar-refractivity contribution in [3.05, 3.63) is 47.6 Å². The molecular weight excluding hydrogens is 930 g/mol. The van der Waals surface area contributed by atoms with Crippen LogP contribution < -0.4 is 0 Å². The lowest BCUT2D eigenvalue weighted by Crippen LogP contribution is -2.61. The highest BCUT2D eigenvalue weighted by Crippen LogP contribution is 2.50. The summed E-state index contributed by atoms with van der Waals surface area (Å²) < 4.78 is 49.4. The molecule has 3 aliphatic heterocycles. The van der Waals surface area contributed by atoms with E-state index in [2.05, 4.69) is 0 Å². The van der Waals surface area contributed by atoms with Crippen LogP contribution in [0.1, 0.15) is 139 Å². The van der Waals surface area contributed by atoms with Crippen LogP contribution in [0.5, 0.6) is 0 Å². The molecule has 3 heterocycles. The van der Waals surface area contributed by atoms with Gasteiger partial charge in [0, 0.05) is 70.8 Å². The minimum Gasteiger partial charge on any atom is -0.460 e. The normalized spacial score (nSPS) is 38.3. The van der Waals surface area contributed by atoms with E-state index in [0.29, 0.717) is 75.7 Å². The zero-order chi connectivity index (χ0) is 52.8. The third kappa shape index (κ3) is 16.2. The predicted octanol–water partition coefficient (Wildman–Crippen LogP) is 8.52. The first-order valence-electron chi connectivity index (χ1n) is 26.3. The molecule has 0 radical (unpaired) electrons. The zero-order valence-electron chi connectivity index (χ0n) is 44.8. The monoisotopic (exact) mass is 1020 g/mol. The lowest BCUT2D eigenvalue weighted by Gasteiger charge is -2.42. The van der Waals surface area contributed by atoms with Gasteiger partial charge in [0.05, 0.1) is 24.4 Å². The van der Waals surface area contributed by atoms with E-state index in [1.54, 1.807) is 41.1 Å². The number of aliphatic hydroxyl groups is 2. The van der Waals surface area contributed by atoms with Crippen LogP contribution in [0.2, 0.25) is 0 Å². The molecule has 71 heavy (non-hydrogen) atoms. The second kappa shape index (κ2) is 28.0. The number of cyclic esters (lactones) is 1. The van der Waals surface area contributed by atoms with Crippen molar-refractivity contribution < 1.29 is 67.0 Å². The SMILES string of the molecule is CCP(=O)(CC)O[C@@H]1CC[C@@H](C[C@@H](C)[C@@H]2CC(=O)[C@H](C)/C=C(\C)[C@@H](O)[C@@H](OC)C(=O)[C@H](C)C[C@H](C)/C=C/C=C/C=C(\C)[C@@H](OC)C[C@@H]3CC[C@@H](C)[C@@](O)(O3)C(=O)C(=O)N3CCCCC3C(=O)O2)C[C@H]1OC. The summed E-state index contributed by atoms with van der Waals surface area (Å²) in [6.07, 6.45) is 12.3. The summed E-state index contributed by atoms with van der Waals surface area (Å²) in [4.78, 5) is 72.4. The molecule has 1 unspecified atom stereocenters. The van der Waals surface area contributed by atoms with Crippen LogP contribution >= 0.6 is 7.37 Å². The van der Waals surface area contributed by atoms with Gasteiger partial charge in [0.15, 0.2) is 5.78 Å². The van der Waals surface area contributed by atoms with E-state index in [0.717, 1.165) is 12.0 Å². The first-order valence-corrected chi connectivity index (χ1v) is 28.3. The van der Waals surface area contributed by atoms with Crippen LogP contribution in [0.15, 0.2) is 47.6 Å². The van der Waals surface area contributed by atoms with Crippen molar-refractivity contribution in [2.45, 2.75) is 194 Å². The number of rotatable bonds is 10. The van der Waals surface area contributed by atoms with Gasteiger partial charge in [-0.2, -0.15) is 0 Å². The number of esters is 1. The van der Waals surface area contributed by atoms with E-state index in [1.807, 2.05) is 71.9 Å². The smallest absolute Gasteiger partial charge is 0.329 e. The first-order chi connectivity index (χ1) is 33.6. The van der Waals surface area contributed by atoms with Crippen LogP contribution in [0, 0.1) is 35.5 Å². The Balaban J connectivity index is 1.70. The number of hydrogen-bond acceptors (Lipinski definition) is 14. The minimum absolute atomic E-state index is 0.0112. The Hall–Kier alpha value is -3.14. The van der Waals surface area contributed by atoms with Crippen molar-refractivity contribution in [3.8, 4) is 0 Å². The van der Waals surface area contributed by atoms with Gasteiger partial charge in [0.1, 0.15) is 30.1 Å². The Bertz CT molecular complexity index is 1970. The van der Waals surface area contributed by atoms with Crippen LogP contribution in [-0.4, -0.2) is 139 Å². The van der Waals surface area contributed by atoms with E-state index >= 15 is 0 Å². The highest BCUT2D eigenvalue weighted by molar-refractivity contribution is 7.58. The van der Waals surface area contributed by atoms with Crippen LogP contribution in [0.3, 0.4) is 0 Å². The topological polar surface area (TPSA) is 201 Å². The molecule has 0 aromatic heterocycles. The molecule has 2 bridgehead atoms. The molecule has 16 heteroatoms. The fourth-order valence-corrected chi connectivity index (χ4v) is 12.3. The maximum atomic E-state index is 14.5. The van der Waals surface area contributed by atoms with Gasteiger partial charge in [0.25, 0.3) is 11.7 Å². The number of hydrogen-bond donors (Lipinski definition) is 2. The number of amides is 1. The number of carbonyl (C=O) groups excluding carboxylic acids is 5. The molecule has 1 saturated carbocycles. The molecule has 0 spiro atoms. The zero-order valence-corrected chi connectivity index (χ0v) is 45.7. The molecule has 4 rings (SSSR count). The lowest BCUT2D eigenvalue weighted by atomic mass is 9.78. The third-order valence-corrected chi connectivity index (χ3v) is 18.3. The maximum Gasteiger partial charge on any atom is 0.329 e. The fourth-order valence-electron chi connectivity index (χ4n) is 10.8. The van der Waals surface area contributed by atoms with Gasteiger partial charge in [-0.05, 0) is 107 Å². The molecule has 1 aliphatic carbocycles. The van der Waals surface area contributed by atoms with Gasteiger partial charge in [-0.15, -0.1) is 0 Å². The Morgan fingerprint density at radius 3 is 2.20 bits per heavy atom. The Morgan fingerprint density at radius 1 is 0.845 bits per heavy atom. The summed E-state index contributed by atoms with van der Waals surface area (Å²) in [6.45, 7) is 16.5. The summed E-state index contributed by atoms with van der Waals surface area (Å²) in [6, 6.07) is -1.16. The second-order valence-electron chi connectivity index (χ2n) is 21.1. The van der Waals surface area contributed by atoms with Crippen LogP contribution in [0.4, 0.5) is 0 Å². The first kappa shape index (κ1) is 60.4. The van der Waals surface area contributed by atoms with Gasteiger partial charge in [-0.25, -0.2) is 4.79 Å². The van der Waals surface area contributed by atoms with Crippen molar-refractivity contribution in [2.75, 3.05) is 40.2 Å². The Morgan fingerprint density at radius 2 is 1.55 bits per heavy atom. The highest BCUT2D eigenvalue weighted by Gasteiger charge is 2.53. The van der Waals surface area contributed by atoms with Gasteiger partial charge in [-0.1, -0.05) is 84.9 Å². The van der Waals surface area contributed by atoms with E-state index in [4.69, 9.17) is 28.2 Å². The largest absolute Gasteiger partial charge is 0.460 e. The van der Waals surface area contributed by atoms with Crippen LogP contribution in [-0.2, 0) is 56.7 Å². The van der Waals surface area contributed by atoms with Gasteiger partial charge in [0.2, 0.25) is 13.2 Å². The number of Topliss-reactive ketones (excluding diaryl/α,β-unsaturated/α-hetero) is 3. The number of piperidine rings is 1. The number of methoxy groups -OCH3 is 3. The molecule has 15 atom stereocenters. The number of fused-ring (bicyclic) bond motifs is 3. The average molecular weight is 1020 g/mol. The highest BCUT2D eigenvalue weighted by atomic mass is 31.2. The molecule has 0 aromatic carbocycles. The van der Waals surface area contributed by atoms with Gasteiger partial charge >= 0.3 is 5.97 Å². The molecule has 4 aliphatic rings. The van der Waals surface area contributed by atoms with E-state index in [9.17, 15) is 38.8 Å². The van der Waals surface area contributed by atoms with Gasteiger partial charge in [-0.3, -0.25) is 23.7 Å². The standard InChI is InChI=1S/C55H88NO14P/c1-13-71(64,14-2)70-45-26-24-41(31-48(45)66-11)30-37(6)47-33-44(57)36(5)29-39(8)50(59)51(67-12)49(58)38(7)28-34(3)20-16-15-17-21-35(4)46(65-10)32-42-25-23-40(9)55(63,69-42)52(60)53(61)56-27-19-18-22-43(56)54(62)68-47/h15-17,20-21,29,34,36-38,40-43,45-48,50-51,59,63H,13-14,18-19,22-28,30-33H2,1-12H3/b17-15+,20-16+,35-21+,39-29+/t34-,36-,37-,38-,40-,41+,42+,43?,45-,46+,47+,48-,50-,51+,55-/m1/s1.